The zero-order chi connectivity index (χ0) is 10.3. The van der Waals surface area contributed by atoms with Crippen molar-refractivity contribution in [3.63, 3.8) is 0 Å². The number of nitrogens with one attached hydrogen (secondary N) is 1. The van der Waals surface area contributed by atoms with Crippen LogP contribution in [-0.4, -0.2) is 32.9 Å². The molecule has 0 aromatic carbocycles. The van der Waals surface area contributed by atoms with Crippen molar-refractivity contribution in [1.29, 1.82) is 0 Å². The molecule has 3 heterocycles. The van der Waals surface area contributed by atoms with Gasteiger partial charge in [0.25, 0.3) is 0 Å². The van der Waals surface area contributed by atoms with Crippen molar-refractivity contribution in [1.82, 2.24) is 25.1 Å². The monoisotopic (exact) mass is 223 g/mol. The fourth-order valence-corrected chi connectivity index (χ4v) is 2.98. The molecule has 0 bridgehead atoms. The summed E-state index contributed by atoms with van der Waals surface area (Å²) in [6, 6.07) is 0. The van der Waals surface area contributed by atoms with Crippen molar-refractivity contribution >= 4 is 16.3 Å². The van der Waals surface area contributed by atoms with Crippen molar-refractivity contribution in [2.45, 2.75) is 25.7 Å². The minimum Gasteiger partial charge on any atom is -0.316 e. The van der Waals surface area contributed by atoms with Crippen LogP contribution in [0.15, 0.2) is 0 Å². The van der Waals surface area contributed by atoms with Gasteiger partial charge in [0.15, 0.2) is 5.82 Å². The van der Waals surface area contributed by atoms with E-state index in [1.54, 1.807) is 11.3 Å². The molecule has 1 aliphatic rings. The SMILES string of the molecule is Cc1nnc2sc(C3CCCNC3)nn12. The van der Waals surface area contributed by atoms with E-state index in [1.807, 2.05) is 11.4 Å². The van der Waals surface area contributed by atoms with Gasteiger partial charge in [-0.2, -0.15) is 9.61 Å². The molecule has 0 radical (unpaired) electrons. The van der Waals surface area contributed by atoms with E-state index < -0.39 is 0 Å². The Labute approximate surface area is 91.5 Å². The Hall–Kier alpha value is -1.01. The summed E-state index contributed by atoms with van der Waals surface area (Å²) < 4.78 is 1.84. The summed E-state index contributed by atoms with van der Waals surface area (Å²) in [4.78, 5) is 0.910. The number of fused-ring (bicyclic) bond motifs is 1. The maximum atomic E-state index is 4.57. The lowest BCUT2D eigenvalue weighted by atomic mass is 10.0. The number of aromatic nitrogens is 4. The second-order valence-corrected chi connectivity index (χ2v) is 4.91. The number of piperidine rings is 1. The first kappa shape index (κ1) is 9.23. The number of aryl methyl sites for hydroxylation is 1. The van der Waals surface area contributed by atoms with Gasteiger partial charge in [-0.05, 0) is 26.3 Å². The molecule has 2 aromatic heterocycles. The van der Waals surface area contributed by atoms with Gasteiger partial charge in [-0.3, -0.25) is 0 Å². The molecule has 0 amide bonds. The fraction of sp³-hybridized carbons (Fsp3) is 0.667. The van der Waals surface area contributed by atoms with Gasteiger partial charge in [0.1, 0.15) is 5.01 Å². The van der Waals surface area contributed by atoms with E-state index in [0.29, 0.717) is 5.92 Å². The molecule has 15 heavy (non-hydrogen) atoms. The maximum Gasteiger partial charge on any atom is 0.234 e. The molecule has 1 unspecified atom stereocenters. The van der Waals surface area contributed by atoms with Crippen LogP contribution in [0.1, 0.15) is 29.6 Å². The van der Waals surface area contributed by atoms with Gasteiger partial charge in [-0.1, -0.05) is 11.3 Å². The minimum absolute atomic E-state index is 0.560. The van der Waals surface area contributed by atoms with Crippen LogP contribution in [0.2, 0.25) is 0 Å². The van der Waals surface area contributed by atoms with Gasteiger partial charge in [0.2, 0.25) is 4.96 Å². The highest BCUT2D eigenvalue weighted by Crippen LogP contribution is 2.27. The molecule has 0 aliphatic carbocycles. The third-order valence-corrected chi connectivity index (χ3v) is 3.87. The van der Waals surface area contributed by atoms with Gasteiger partial charge in [-0.15, -0.1) is 10.2 Å². The smallest absolute Gasteiger partial charge is 0.234 e. The van der Waals surface area contributed by atoms with Crippen LogP contribution in [0.4, 0.5) is 0 Å². The molecule has 0 saturated carbocycles. The Bertz CT molecular complexity index is 468. The highest BCUT2D eigenvalue weighted by atomic mass is 32.1. The summed E-state index contributed by atoms with van der Waals surface area (Å²) in [5, 5.41) is 17.2. The van der Waals surface area contributed by atoms with Crippen molar-refractivity contribution in [2.75, 3.05) is 13.1 Å². The summed E-state index contributed by atoms with van der Waals surface area (Å²) >= 11 is 1.66. The largest absolute Gasteiger partial charge is 0.316 e. The average Bonchev–Trinajstić information content (AvgIpc) is 2.83. The second-order valence-electron chi connectivity index (χ2n) is 3.93. The normalized spacial score (nSPS) is 22.3. The number of nitrogens with zero attached hydrogens (tertiary/aromatic N) is 4. The van der Waals surface area contributed by atoms with Crippen LogP contribution in [0.25, 0.3) is 4.96 Å². The molecule has 3 rings (SSSR count). The van der Waals surface area contributed by atoms with Crippen molar-refractivity contribution in [3.05, 3.63) is 10.8 Å². The Morgan fingerprint density at radius 2 is 2.40 bits per heavy atom. The number of rotatable bonds is 1. The molecular formula is C9H13N5S. The Balaban J connectivity index is 1.96. The van der Waals surface area contributed by atoms with Crippen LogP contribution in [-0.2, 0) is 0 Å². The second kappa shape index (κ2) is 3.53. The first-order valence-corrected chi connectivity index (χ1v) is 6.06. The summed E-state index contributed by atoms with van der Waals surface area (Å²) in [6.07, 6.45) is 2.47. The molecule has 6 heteroatoms. The van der Waals surface area contributed by atoms with Crippen molar-refractivity contribution in [3.8, 4) is 0 Å². The lowest BCUT2D eigenvalue weighted by molar-refractivity contribution is 0.457. The van der Waals surface area contributed by atoms with Crippen molar-refractivity contribution < 1.29 is 0 Å². The quantitative estimate of drug-likeness (QED) is 0.782. The van der Waals surface area contributed by atoms with Gasteiger partial charge in [-0.25, -0.2) is 0 Å². The number of hydrogen-bond acceptors (Lipinski definition) is 5. The molecule has 80 valence electrons. The minimum atomic E-state index is 0.560. The predicted molar refractivity (Wildman–Crippen MR) is 58.2 cm³/mol. The molecule has 1 saturated heterocycles. The number of hydrogen-bond donors (Lipinski definition) is 1. The van der Waals surface area contributed by atoms with Gasteiger partial charge in [0.05, 0.1) is 0 Å². The highest BCUT2D eigenvalue weighted by Gasteiger charge is 2.20. The molecule has 2 aromatic rings. The summed E-state index contributed by atoms with van der Waals surface area (Å²) in [5.74, 6) is 1.43. The van der Waals surface area contributed by atoms with Gasteiger partial charge >= 0.3 is 0 Å². The van der Waals surface area contributed by atoms with E-state index in [9.17, 15) is 0 Å². The summed E-state index contributed by atoms with van der Waals surface area (Å²) in [6.45, 7) is 4.12. The van der Waals surface area contributed by atoms with E-state index in [1.165, 1.54) is 17.8 Å². The molecule has 5 nitrogen and oxygen atoms in total. The van der Waals surface area contributed by atoms with E-state index in [0.717, 1.165) is 23.9 Å². The van der Waals surface area contributed by atoms with Gasteiger partial charge < -0.3 is 5.32 Å². The zero-order valence-electron chi connectivity index (χ0n) is 8.60. The first-order valence-electron chi connectivity index (χ1n) is 5.24. The third-order valence-electron chi connectivity index (χ3n) is 2.81. The lowest BCUT2D eigenvalue weighted by Gasteiger charge is -2.19. The fourth-order valence-electron chi connectivity index (χ4n) is 1.96. The van der Waals surface area contributed by atoms with Crippen LogP contribution >= 0.6 is 11.3 Å². The summed E-state index contributed by atoms with van der Waals surface area (Å²) in [5.41, 5.74) is 0. The molecule has 0 spiro atoms. The van der Waals surface area contributed by atoms with Crippen LogP contribution in [0.5, 0.6) is 0 Å². The molecular weight excluding hydrogens is 210 g/mol. The molecule has 1 atom stereocenters. The molecule has 1 fully saturated rings. The third kappa shape index (κ3) is 1.53. The predicted octanol–water partition coefficient (Wildman–Crippen LogP) is 0.961. The first-order chi connectivity index (χ1) is 7.34. The highest BCUT2D eigenvalue weighted by molar-refractivity contribution is 7.16. The zero-order valence-corrected chi connectivity index (χ0v) is 9.42. The summed E-state index contributed by atoms with van der Waals surface area (Å²) in [7, 11) is 0. The van der Waals surface area contributed by atoms with Crippen LogP contribution in [0.3, 0.4) is 0 Å². The van der Waals surface area contributed by atoms with Crippen LogP contribution in [0, 0.1) is 6.92 Å². The van der Waals surface area contributed by atoms with Gasteiger partial charge in [0, 0.05) is 12.5 Å². The average molecular weight is 223 g/mol. The standard InChI is InChI=1S/C9H13N5S/c1-6-11-12-9-14(6)13-8(15-9)7-3-2-4-10-5-7/h7,10H,2-5H2,1H3. The maximum absolute atomic E-state index is 4.57. The Morgan fingerprint density at radius 1 is 1.47 bits per heavy atom. The molecule has 1 aliphatic heterocycles. The Kier molecular flexibility index (Phi) is 2.17. The van der Waals surface area contributed by atoms with E-state index in [-0.39, 0.29) is 0 Å². The Morgan fingerprint density at radius 3 is 3.13 bits per heavy atom. The van der Waals surface area contributed by atoms with E-state index >= 15 is 0 Å². The molecule has 1 N–H and O–H groups in total. The topological polar surface area (TPSA) is 55.1 Å². The van der Waals surface area contributed by atoms with E-state index in [4.69, 9.17) is 0 Å². The van der Waals surface area contributed by atoms with Crippen LogP contribution < -0.4 is 5.32 Å². The van der Waals surface area contributed by atoms with E-state index in [2.05, 4.69) is 20.6 Å². The lowest BCUT2D eigenvalue weighted by Crippen LogP contribution is -2.28. The van der Waals surface area contributed by atoms with Crippen molar-refractivity contribution in [2.24, 2.45) is 0 Å².